The molecule has 232 valence electrons. The number of anilines is 1. The number of ether oxygens (including phenoxy) is 1. The SMILES string of the molecule is CCCNC(=O)[C@H](Cc1ccccc1)N(Cc1ccc(Cl)c(Cl)c1)C(=O)CCCN(c1ccc(OC)c(Cl)c1)S(C)(=O)=O. The zero-order valence-electron chi connectivity index (χ0n) is 24.4. The van der Waals surface area contributed by atoms with Crippen molar-refractivity contribution in [3.05, 3.63) is 92.9 Å². The van der Waals surface area contributed by atoms with E-state index < -0.39 is 16.1 Å². The minimum atomic E-state index is -3.69. The van der Waals surface area contributed by atoms with E-state index in [4.69, 9.17) is 39.5 Å². The molecule has 0 heterocycles. The summed E-state index contributed by atoms with van der Waals surface area (Å²) in [6, 6.07) is 18.4. The van der Waals surface area contributed by atoms with Crippen LogP contribution >= 0.6 is 34.8 Å². The van der Waals surface area contributed by atoms with Crippen molar-refractivity contribution in [3.8, 4) is 5.75 Å². The Kier molecular flexibility index (Phi) is 13.0. The molecule has 1 atom stereocenters. The average molecular weight is 669 g/mol. The van der Waals surface area contributed by atoms with Crippen LogP contribution in [-0.4, -0.2) is 57.6 Å². The van der Waals surface area contributed by atoms with Gasteiger partial charge in [-0.25, -0.2) is 8.42 Å². The van der Waals surface area contributed by atoms with Crippen molar-refractivity contribution in [2.24, 2.45) is 0 Å². The van der Waals surface area contributed by atoms with E-state index in [0.717, 1.165) is 18.2 Å². The van der Waals surface area contributed by atoms with E-state index >= 15 is 0 Å². The first-order valence-electron chi connectivity index (χ1n) is 13.8. The number of rotatable bonds is 15. The van der Waals surface area contributed by atoms with E-state index in [9.17, 15) is 18.0 Å². The van der Waals surface area contributed by atoms with E-state index in [2.05, 4.69) is 5.32 Å². The number of nitrogens with one attached hydrogen (secondary N) is 1. The number of carbonyl (C=O) groups excluding carboxylic acids is 2. The molecule has 0 spiro atoms. The molecule has 0 unspecified atom stereocenters. The van der Waals surface area contributed by atoms with E-state index in [1.54, 1.807) is 30.3 Å². The van der Waals surface area contributed by atoms with Crippen LogP contribution in [-0.2, 0) is 32.6 Å². The third-order valence-electron chi connectivity index (χ3n) is 6.73. The average Bonchev–Trinajstić information content (AvgIpc) is 2.97. The summed E-state index contributed by atoms with van der Waals surface area (Å²) in [5, 5.41) is 3.91. The van der Waals surface area contributed by atoms with Crippen LogP contribution in [0.2, 0.25) is 15.1 Å². The van der Waals surface area contributed by atoms with Crippen molar-refractivity contribution in [1.82, 2.24) is 10.2 Å². The molecule has 0 aliphatic carbocycles. The second-order valence-electron chi connectivity index (χ2n) is 10.0. The maximum atomic E-state index is 13.9. The summed E-state index contributed by atoms with van der Waals surface area (Å²) < 4.78 is 31.8. The van der Waals surface area contributed by atoms with Crippen molar-refractivity contribution >= 4 is 62.3 Å². The van der Waals surface area contributed by atoms with Crippen molar-refractivity contribution in [2.75, 3.05) is 30.8 Å². The van der Waals surface area contributed by atoms with Crippen molar-refractivity contribution in [3.63, 3.8) is 0 Å². The highest BCUT2D eigenvalue weighted by atomic mass is 35.5. The van der Waals surface area contributed by atoms with Gasteiger partial charge in [0.05, 0.1) is 34.1 Å². The summed E-state index contributed by atoms with van der Waals surface area (Å²) in [4.78, 5) is 28.9. The van der Waals surface area contributed by atoms with Crippen LogP contribution in [0.25, 0.3) is 0 Å². The van der Waals surface area contributed by atoms with Crippen LogP contribution in [0.4, 0.5) is 5.69 Å². The highest BCUT2D eigenvalue weighted by Gasteiger charge is 2.30. The Labute approximate surface area is 268 Å². The van der Waals surface area contributed by atoms with Gasteiger partial charge in [0.1, 0.15) is 11.8 Å². The number of amides is 2. The number of benzene rings is 3. The fraction of sp³-hybridized carbons (Fsp3) is 0.355. The van der Waals surface area contributed by atoms with Gasteiger partial charge in [-0.05, 0) is 54.3 Å². The first kappa shape index (κ1) is 34.5. The molecular formula is C31H36Cl3N3O5S. The van der Waals surface area contributed by atoms with Crippen LogP contribution in [0.15, 0.2) is 66.7 Å². The summed E-state index contributed by atoms with van der Waals surface area (Å²) in [6.07, 6.45) is 2.31. The summed E-state index contributed by atoms with van der Waals surface area (Å²) in [7, 11) is -2.22. The van der Waals surface area contributed by atoms with E-state index in [0.29, 0.717) is 40.0 Å². The van der Waals surface area contributed by atoms with Gasteiger partial charge in [0.2, 0.25) is 21.8 Å². The number of carbonyl (C=O) groups is 2. The molecule has 0 fully saturated rings. The predicted octanol–water partition coefficient (Wildman–Crippen LogP) is 6.37. The topological polar surface area (TPSA) is 96.0 Å². The second kappa shape index (κ2) is 16.2. The van der Waals surface area contributed by atoms with Crippen molar-refractivity contribution < 1.29 is 22.7 Å². The lowest BCUT2D eigenvalue weighted by molar-refractivity contribution is -0.141. The summed E-state index contributed by atoms with van der Waals surface area (Å²) in [5.41, 5.74) is 1.95. The Morgan fingerprint density at radius 3 is 2.26 bits per heavy atom. The normalized spacial score (nSPS) is 12.0. The number of methoxy groups -OCH3 is 1. The molecule has 0 saturated heterocycles. The number of sulfonamides is 1. The Morgan fingerprint density at radius 1 is 0.930 bits per heavy atom. The molecule has 3 aromatic rings. The maximum Gasteiger partial charge on any atom is 0.243 e. The van der Waals surface area contributed by atoms with Crippen LogP contribution in [0.3, 0.4) is 0 Å². The zero-order chi connectivity index (χ0) is 31.6. The van der Waals surface area contributed by atoms with Gasteiger partial charge in [0.25, 0.3) is 0 Å². The van der Waals surface area contributed by atoms with E-state index in [1.807, 2.05) is 37.3 Å². The summed E-state index contributed by atoms with van der Waals surface area (Å²) >= 11 is 18.6. The van der Waals surface area contributed by atoms with E-state index in [1.165, 1.54) is 22.4 Å². The summed E-state index contributed by atoms with van der Waals surface area (Å²) in [5.74, 6) is -0.164. The van der Waals surface area contributed by atoms with Crippen molar-refractivity contribution in [2.45, 2.75) is 45.2 Å². The quantitative estimate of drug-likeness (QED) is 0.203. The highest BCUT2D eigenvalue weighted by molar-refractivity contribution is 7.92. The predicted molar refractivity (Wildman–Crippen MR) is 174 cm³/mol. The largest absolute Gasteiger partial charge is 0.495 e. The fourth-order valence-corrected chi connectivity index (χ4v) is 6.10. The van der Waals surface area contributed by atoms with Crippen LogP contribution in [0, 0.1) is 0 Å². The first-order chi connectivity index (χ1) is 20.4. The fourth-order valence-electron chi connectivity index (χ4n) is 4.57. The minimum absolute atomic E-state index is 0.0103. The number of nitrogens with zero attached hydrogens (tertiary/aromatic N) is 2. The van der Waals surface area contributed by atoms with Gasteiger partial charge < -0.3 is 15.0 Å². The Bertz CT molecular complexity index is 1510. The first-order valence-corrected chi connectivity index (χ1v) is 16.8. The molecule has 0 aromatic heterocycles. The summed E-state index contributed by atoms with van der Waals surface area (Å²) in [6.45, 7) is 2.55. The second-order valence-corrected chi connectivity index (χ2v) is 13.2. The molecule has 0 aliphatic rings. The number of hydrogen-bond donors (Lipinski definition) is 1. The zero-order valence-corrected chi connectivity index (χ0v) is 27.4. The smallest absolute Gasteiger partial charge is 0.243 e. The third kappa shape index (κ3) is 10.0. The molecule has 8 nitrogen and oxygen atoms in total. The highest BCUT2D eigenvalue weighted by Crippen LogP contribution is 2.30. The lowest BCUT2D eigenvalue weighted by Crippen LogP contribution is -2.50. The Hall–Kier alpha value is -2.98. The lowest BCUT2D eigenvalue weighted by Gasteiger charge is -2.32. The molecular weight excluding hydrogens is 633 g/mol. The van der Waals surface area contributed by atoms with Gasteiger partial charge >= 0.3 is 0 Å². The number of hydrogen-bond acceptors (Lipinski definition) is 5. The standard InChI is InChI=1S/C31H36Cl3N3O5S/c1-4-16-35-31(39)28(19-22-9-6-5-7-10-22)36(21-23-12-14-25(32)26(33)18-23)30(38)11-8-17-37(43(3,40)41)24-13-15-29(42-2)27(34)20-24/h5-7,9-10,12-15,18,20,28H,4,8,11,16-17,19,21H2,1-3H3,(H,35,39)/t28-/m0/s1. The van der Waals surface area contributed by atoms with Gasteiger partial charge in [-0.1, -0.05) is 78.1 Å². The van der Waals surface area contributed by atoms with Crippen LogP contribution in [0.1, 0.15) is 37.3 Å². The molecule has 1 N–H and O–H groups in total. The van der Waals surface area contributed by atoms with Crippen LogP contribution < -0.4 is 14.4 Å². The molecule has 0 saturated carbocycles. The molecule has 3 rings (SSSR count). The molecule has 0 radical (unpaired) electrons. The monoisotopic (exact) mass is 667 g/mol. The minimum Gasteiger partial charge on any atom is -0.495 e. The Balaban J connectivity index is 1.89. The molecule has 3 aromatic carbocycles. The lowest BCUT2D eigenvalue weighted by atomic mass is 10.0. The van der Waals surface area contributed by atoms with Crippen molar-refractivity contribution in [1.29, 1.82) is 0 Å². The molecule has 2 amide bonds. The van der Waals surface area contributed by atoms with E-state index in [-0.39, 0.29) is 42.8 Å². The van der Waals surface area contributed by atoms with Gasteiger partial charge in [-0.15, -0.1) is 0 Å². The van der Waals surface area contributed by atoms with Crippen LogP contribution in [0.5, 0.6) is 5.75 Å². The van der Waals surface area contributed by atoms with Gasteiger partial charge in [0, 0.05) is 32.5 Å². The van der Waals surface area contributed by atoms with Gasteiger partial charge in [0.15, 0.2) is 0 Å². The third-order valence-corrected chi connectivity index (χ3v) is 8.96. The molecule has 43 heavy (non-hydrogen) atoms. The molecule has 0 bridgehead atoms. The van der Waals surface area contributed by atoms with Gasteiger partial charge in [-0.3, -0.25) is 13.9 Å². The Morgan fingerprint density at radius 2 is 1.65 bits per heavy atom. The molecule has 0 aliphatic heterocycles. The maximum absolute atomic E-state index is 13.9. The molecule has 12 heteroatoms. The van der Waals surface area contributed by atoms with Gasteiger partial charge in [-0.2, -0.15) is 0 Å². The number of halogens is 3.